The van der Waals surface area contributed by atoms with E-state index in [1.165, 1.54) is 11.8 Å². The smallest absolute Gasteiger partial charge is 0.159 e. The summed E-state index contributed by atoms with van der Waals surface area (Å²) < 4.78 is 0. The van der Waals surface area contributed by atoms with Crippen LogP contribution in [-0.2, 0) is 0 Å². The molecule has 0 saturated heterocycles. The van der Waals surface area contributed by atoms with Gasteiger partial charge in [-0.05, 0) is 20.1 Å². The van der Waals surface area contributed by atoms with Gasteiger partial charge < -0.3 is 5.32 Å². The van der Waals surface area contributed by atoms with Gasteiger partial charge in [0.15, 0.2) is 5.57 Å². The van der Waals surface area contributed by atoms with Gasteiger partial charge >= 0.3 is 0 Å². The number of nitrogens with zero attached hydrogens (tertiary/aromatic N) is 2. The summed E-state index contributed by atoms with van der Waals surface area (Å²) in [7, 11) is 0. The molecule has 3 nitrogen and oxygen atoms in total. The minimum Gasteiger partial charge on any atom is -0.376 e. The van der Waals surface area contributed by atoms with Crippen LogP contribution in [0.1, 0.15) is 13.8 Å². The molecule has 64 valence electrons. The Morgan fingerprint density at radius 1 is 1.33 bits per heavy atom. The molecule has 0 aromatic carbocycles. The first kappa shape index (κ1) is 10.9. The zero-order valence-corrected chi connectivity index (χ0v) is 8.20. The summed E-state index contributed by atoms with van der Waals surface area (Å²) in [5.74, 6) is 0. The SMILES string of the molecule is CSC(NC(C)C)=C(C#N)C#N. The maximum absolute atomic E-state index is 8.56. The number of nitriles is 2. The van der Waals surface area contributed by atoms with E-state index < -0.39 is 0 Å². The number of thioether (sulfide) groups is 1. The van der Waals surface area contributed by atoms with Crippen LogP contribution in [0.4, 0.5) is 0 Å². The average Bonchev–Trinajstić information content (AvgIpc) is 2.04. The first-order chi connectivity index (χ1) is 5.65. The van der Waals surface area contributed by atoms with Gasteiger partial charge in [0, 0.05) is 6.04 Å². The molecule has 0 amide bonds. The van der Waals surface area contributed by atoms with Gasteiger partial charge in [-0.2, -0.15) is 10.5 Å². The van der Waals surface area contributed by atoms with Crippen LogP contribution < -0.4 is 5.32 Å². The molecule has 0 aliphatic rings. The predicted octanol–water partition coefficient (Wildman–Crippen LogP) is 1.61. The molecule has 4 heteroatoms. The van der Waals surface area contributed by atoms with Gasteiger partial charge in [0.1, 0.15) is 12.1 Å². The number of rotatable bonds is 3. The number of nitrogens with one attached hydrogen (secondary N) is 1. The number of hydrogen-bond acceptors (Lipinski definition) is 4. The summed E-state index contributed by atoms with van der Waals surface area (Å²) in [5, 5.41) is 20.8. The van der Waals surface area contributed by atoms with Crippen molar-refractivity contribution < 1.29 is 0 Å². The van der Waals surface area contributed by atoms with Crippen LogP contribution in [0.25, 0.3) is 0 Å². The van der Waals surface area contributed by atoms with E-state index in [4.69, 9.17) is 10.5 Å². The van der Waals surface area contributed by atoms with E-state index in [0.717, 1.165) is 0 Å². The maximum atomic E-state index is 8.56. The Morgan fingerprint density at radius 2 is 1.83 bits per heavy atom. The molecule has 0 rings (SSSR count). The first-order valence-corrected chi connectivity index (χ1v) is 4.73. The fourth-order valence-electron chi connectivity index (χ4n) is 0.622. The lowest BCUT2D eigenvalue weighted by atomic mass is 10.3. The van der Waals surface area contributed by atoms with Crippen molar-refractivity contribution in [2.24, 2.45) is 0 Å². The number of allylic oxidation sites excluding steroid dienone is 1. The van der Waals surface area contributed by atoms with Gasteiger partial charge in [-0.1, -0.05) is 0 Å². The van der Waals surface area contributed by atoms with Crippen LogP contribution in [0, 0.1) is 22.7 Å². The maximum Gasteiger partial charge on any atom is 0.159 e. The van der Waals surface area contributed by atoms with Crippen molar-refractivity contribution in [3.05, 3.63) is 10.6 Å². The monoisotopic (exact) mass is 181 g/mol. The zero-order valence-electron chi connectivity index (χ0n) is 7.38. The molecule has 0 aliphatic carbocycles. The molecular weight excluding hydrogens is 170 g/mol. The molecule has 0 aromatic heterocycles. The third-order valence-corrected chi connectivity index (χ3v) is 1.80. The molecule has 0 radical (unpaired) electrons. The Kier molecular flexibility index (Phi) is 4.99. The molecule has 0 spiro atoms. The lowest BCUT2D eigenvalue weighted by molar-refractivity contribution is 0.693. The van der Waals surface area contributed by atoms with Gasteiger partial charge in [-0.25, -0.2) is 0 Å². The zero-order chi connectivity index (χ0) is 9.56. The van der Waals surface area contributed by atoms with E-state index in [0.29, 0.717) is 5.03 Å². The topological polar surface area (TPSA) is 59.6 Å². The largest absolute Gasteiger partial charge is 0.376 e. The van der Waals surface area contributed by atoms with Gasteiger partial charge in [0.25, 0.3) is 0 Å². The second-order valence-corrected chi connectivity index (χ2v) is 3.25. The molecule has 0 atom stereocenters. The fourth-order valence-corrected chi connectivity index (χ4v) is 1.27. The Morgan fingerprint density at radius 3 is 2.08 bits per heavy atom. The van der Waals surface area contributed by atoms with Gasteiger partial charge in [-0.3, -0.25) is 0 Å². The van der Waals surface area contributed by atoms with Crippen LogP contribution in [0.2, 0.25) is 0 Å². The summed E-state index contributed by atoms with van der Waals surface area (Å²) >= 11 is 1.38. The highest BCUT2D eigenvalue weighted by Crippen LogP contribution is 2.13. The highest BCUT2D eigenvalue weighted by molar-refractivity contribution is 8.02. The molecule has 0 saturated carbocycles. The first-order valence-electron chi connectivity index (χ1n) is 3.50. The highest BCUT2D eigenvalue weighted by atomic mass is 32.2. The van der Waals surface area contributed by atoms with Crippen molar-refractivity contribution in [2.45, 2.75) is 19.9 Å². The minimum atomic E-state index is 0.149. The third kappa shape index (κ3) is 3.32. The van der Waals surface area contributed by atoms with E-state index in [1.807, 2.05) is 32.2 Å². The molecule has 0 aliphatic heterocycles. The standard InChI is InChI=1S/C8H11N3S/c1-6(2)11-8(12-3)7(4-9)5-10/h6,11H,1-3H3. The summed E-state index contributed by atoms with van der Waals surface area (Å²) in [6, 6.07) is 3.93. The van der Waals surface area contributed by atoms with Crippen molar-refractivity contribution in [3.63, 3.8) is 0 Å². The molecule has 0 aromatic rings. The van der Waals surface area contributed by atoms with Crippen LogP contribution in [0.3, 0.4) is 0 Å². The summed E-state index contributed by atoms with van der Waals surface area (Å²) in [4.78, 5) is 0. The minimum absolute atomic E-state index is 0.149. The van der Waals surface area contributed by atoms with Crippen molar-refractivity contribution in [1.29, 1.82) is 10.5 Å². The van der Waals surface area contributed by atoms with E-state index in [-0.39, 0.29) is 11.6 Å². The second-order valence-electron chi connectivity index (χ2n) is 2.43. The summed E-state index contributed by atoms with van der Waals surface area (Å²) in [6.45, 7) is 3.92. The van der Waals surface area contributed by atoms with Crippen LogP contribution in [0.15, 0.2) is 10.6 Å². The van der Waals surface area contributed by atoms with E-state index in [2.05, 4.69) is 5.32 Å². The van der Waals surface area contributed by atoms with Crippen LogP contribution in [0.5, 0.6) is 0 Å². The van der Waals surface area contributed by atoms with Gasteiger partial charge in [0.2, 0.25) is 0 Å². The molecule has 0 heterocycles. The Balaban J connectivity index is 4.65. The van der Waals surface area contributed by atoms with E-state index in [1.54, 1.807) is 0 Å². The normalized spacial score (nSPS) is 8.50. The Hall–Kier alpha value is -1.13. The Bertz CT molecular complexity index is 238. The predicted molar refractivity (Wildman–Crippen MR) is 50.0 cm³/mol. The lowest BCUT2D eigenvalue weighted by Gasteiger charge is -2.10. The number of hydrogen-bond donors (Lipinski definition) is 1. The van der Waals surface area contributed by atoms with Crippen molar-refractivity contribution >= 4 is 11.8 Å². The lowest BCUT2D eigenvalue weighted by Crippen LogP contribution is -2.21. The highest BCUT2D eigenvalue weighted by Gasteiger charge is 2.05. The Labute approximate surface area is 77.1 Å². The van der Waals surface area contributed by atoms with Crippen molar-refractivity contribution in [1.82, 2.24) is 5.32 Å². The van der Waals surface area contributed by atoms with Crippen molar-refractivity contribution in [2.75, 3.05) is 6.26 Å². The molecule has 12 heavy (non-hydrogen) atoms. The molecule has 1 N–H and O–H groups in total. The van der Waals surface area contributed by atoms with E-state index in [9.17, 15) is 0 Å². The van der Waals surface area contributed by atoms with Crippen LogP contribution >= 0.6 is 11.8 Å². The summed E-state index contributed by atoms with van der Waals surface area (Å²) in [5.41, 5.74) is 0.149. The molecule has 0 fully saturated rings. The van der Waals surface area contributed by atoms with Crippen LogP contribution in [-0.4, -0.2) is 12.3 Å². The molecule has 0 bridgehead atoms. The summed E-state index contributed by atoms with van der Waals surface area (Å²) in [6.07, 6.45) is 1.83. The van der Waals surface area contributed by atoms with E-state index >= 15 is 0 Å². The van der Waals surface area contributed by atoms with Crippen molar-refractivity contribution in [3.8, 4) is 12.1 Å². The third-order valence-electron chi connectivity index (χ3n) is 1.07. The molecule has 0 unspecified atom stereocenters. The van der Waals surface area contributed by atoms with Gasteiger partial charge in [0.05, 0.1) is 5.03 Å². The average molecular weight is 181 g/mol. The fraction of sp³-hybridized carbons (Fsp3) is 0.500. The quantitative estimate of drug-likeness (QED) is 0.672. The second kappa shape index (κ2) is 5.51. The van der Waals surface area contributed by atoms with Gasteiger partial charge in [-0.15, -0.1) is 11.8 Å². The molecular formula is C8H11N3S.